The van der Waals surface area contributed by atoms with Gasteiger partial charge in [-0.1, -0.05) is 6.07 Å². The maximum absolute atomic E-state index is 14.0. The van der Waals surface area contributed by atoms with Gasteiger partial charge in [0.2, 0.25) is 5.91 Å². The highest BCUT2D eigenvalue weighted by molar-refractivity contribution is 5.78. The Morgan fingerprint density at radius 1 is 1.40 bits per heavy atom. The molecule has 0 atom stereocenters. The first-order valence-electron chi connectivity index (χ1n) is 8.77. The van der Waals surface area contributed by atoms with Gasteiger partial charge in [-0.05, 0) is 38.9 Å². The zero-order chi connectivity index (χ0) is 18.0. The van der Waals surface area contributed by atoms with Crippen molar-refractivity contribution in [1.82, 2.24) is 19.4 Å². The molecular weight excluding hydrogens is 323 g/mol. The van der Waals surface area contributed by atoms with E-state index in [-0.39, 0.29) is 24.4 Å². The lowest BCUT2D eigenvalue weighted by molar-refractivity contribution is -0.134. The SMILES string of the molecule is CCn1c(CN(C)CC(=O)N2CCC(O)CC2)nc2c(F)cccc21. The molecular formula is C18H25FN4O2. The molecule has 2 aromatic rings. The summed E-state index contributed by atoms with van der Waals surface area (Å²) in [5, 5.41) is 9.54. The number of rotatable bonds is 5. The summed E-state index contributed by atoms with van der Waals surface area (Å²) in [6, 6.07) is 4.97. The summed E-state index contributed by atoms with van der Waals surface area (Å²) in [6.07, 6.45) is 0.988. The number of piperidine rings is 1. The van der Waals surface area contributed by atoms with Crippen LogP contribution in [0.4, 0.5) is 4.39 Å². The number of nitrogens with zero attached hydrogens (tertiary/aromatic N) is 4. The van der Waals surface area contributed by atoms with Crippen molar-refractivity contribution < 1.29 is 14.3 Å². The molecule has 0 unspecified atom stereocenters. The Labute approximate surface area is 146 Å². The van der Waals surface area contributed by atoms with Gasteiger partial charge in [0.05, 0.1) is 24.7 Å². The Balaban J connectivity index is 1.68. The summed E-state index contributed by atoms with van der Waals surface area (Å²) in [5.41, 5.74) is 1.16. The first kappa shape index (κ1) is 17.8. The number of likely N-dealkylation sites (tertiary alicyclic amines) is 1. The number of likely N-dealkylation sites (N-methyl/N-ethyl adjacent to an activating group) is 1. The number of imidazole rings is 1. The van der Waals surface area contributed by atoms with E-state index in [0.717, 1.165) is 11.3 Å². The third-order valence-electron chi connectivity index (χ3n) is 4.76. The van der Waals surface area contributed by atoms with E-state index in [1.165, 1.54) is 6.07 Å². The normalized spacial score (nSPS) is 16.1. The minimum Gasteiger partial charge on any atom is -0.393 e. The van der Waals surface area contributed by atoms with E-state index in [9.17, 15) is 14.3 Å². The number of hydrogen-bond acceptors (Lipinski definition) is 4. The van der Waals surface area contributed by atoms with Gasteiger partial charge in [0, 0.05) is 19.6 Å². The summed E-state index contributed by atoms with van der Waals surface area (Å²) < 4.78 is 16.0. The molecule has 136 valence electrons. The summed E-state index contributed by atoms with van der Waals surface area (Å²) in [6.45, 7) is 4.66. The van der Waals surface area contributed by atoms with Crippen LogP contribution in [0.1, 0.15) is 25.6 Å². The Hall–Kier alpha value is -1.99. The van der Waals surface area contributed by atoms with Crippen molar-refractivity contribution in [2.45, 2.75) is 39.0 Å². The largest absolute Gasteiger partial charge is 0.393 e. The maximum atomic E-state index is 14.0. The van der Waals surface area contributed by atoms with Gasteiger partial charge in [-0.15, -0.1) is 0 Å². The fraction of sp³-hybridized carbons (Fsp3) is 0.556. The monoisotopic (exact) mass is 348 g/mol. The van der Waals surface area contributed by atoms with E-state index in [4.69, 9.17) is 0 Å². The standard InChI is InChI=1S/C18H25FN4O2/c1-3-23-15-6-4-5-14(19)18(15)20-16(23)11-21(2)12-17(25)22-9-7-13(24)8-10-22/h4-6,13,24H,3,7-12H2,1-2H3. The van der Waals surface area contributed by atoms with Gasteiger partial charge >= 0.3 is 0 Å². The molecule has 2 heterocycles. The van der Waals surface area contributed by atoms with Crippen molar-refractivity contribution in [2.75, 3.05) is 26.7 Å². The van der Waals surface area contributed by atoms with Gasteiger partial charge in [-0.2, -0.15) is 0 Å². The van der Waals surface area contributed by atoms with Crippen molar-refractivity contribution in [2.24, 2.45) is 0 Å². The molecule has 0 bridgehead atoms. The van der Waals surface area contributed by atoms with Crippen LogP contribution in [0.3, 0.4) is 0 Å². The molecule has 1 aliphatic heterocycles. The van der Waals surface area contributed by atoms with Crippen LogP contribution in [-0.4, -0.2) is 63.2 Å². The van der Waals surface area contributed by atoms with Crippen molar-refractivity contribution in [3.8, 4) is 0 Å². The first-order valence-corrected chi connectivity index (χ1v) is 8.77. The lowest BCUT2D eigenvalue weighted by Gasteiger charge is -2.31. The number of aliphatic hydroxyl groups is 1. The topological polar surface area (TPSA) is 61.6 Å². The van der Waals surface area contributed by atoms with Gasteiger partial charge in [-0.3, -0.25) is 9.69 Å². The van der Waals surface area contributed by atoms with E-state index in [2.05, 4.69) is 4.98 Å². The number of aryl methyl sites for hydroxylation is 1. The third kappa shape index (κ3) is 3.82. The third-order valence-corrected chi connectivity index (χ3v) is 4.76. The predicted octanol–water partition coefficient (Wildman–Crippen LogP) is 1.61. The Bertz CT molecular complexity index is 753. The molecule has 0 radical (unpaired) electrons. The van der Waals surface area contributed by atoms with Gasteiger partial charge in [0.25, 0.3) is 0 Å². The van der Waals surface area contributed by atoms with E-state index in [0.29, 0.717) is 44.5 Å². The van der Waals surface area contributed by atoms with Gasteiger partial charge in [-0.25, -0.2) is 9.37 Å². The molecule has 1 amide bonds. The second-order valence-electron chi connectivity index (χ2n) is 6.66. The lowest BCUT2D eigenvalue weighted by Crippen LogP contribution is -2.44. The molecule has 1 aromatic carbocycles. The van der Waals surface area contributed by atoms with Crippen molar-refractivity contribution in [3.05, 3.63) is 29.8 Å². The molecule has 25 heavy (non-hydrogen) atoms. The number of hydrogen-bond donors (Lipinski definition) is 1. The number of carbonyl (C=O) groups is 1. The molecule has 1 N–H and O–H groups in total. The zero-order valence-electron chi connectivity index (χ0n) is 14.8. The number of halogens is 1. The van der Waals surface area contributed by atoms with Gasteiger partial charge in [0.15, 0.2) is 5.82 Å². The molecule has 0 aliphatic carbocycles. The molecule has 7 heteroatoms. The number of aromatic nitrogens is 2. The smallest absolute Gasteiger partial charge is 0.236 e. The summed E-state index contributed by atoms with van der Waals surface area (Å²) in [7, 11) is 1.87. The van der Waals surface area contributed by atoms with E-state index < -0.39 is 0 Å². The fourth-order valence-electron chi connectivity index (χ4n) is 3.38. The number of carbonyl (C=O) groups excluding carboxylic acids is 1. The number of para-hydroxylation sites is 1. The Morgan fingerprint density at radius 3 is 2.80 bits per heavy atom. The highest BCUT2D eigenvalue weighted by atomic mass is 19.1. The first-order chi connectivity index (χ1) is 12.0. The van der Waals surface area contributed by atoms with Gasteiger partial charge < -0.3 is 14.6 Å². The molecule has 6 nitrogen and oxygen atoms in total. The lowest BCUT2D eigenvalue weighted by atomic mass is 10.1. The molecule has 0 saturated carbocycles. The van der Waals surface area contributed by atoms with E-state index in [1.54, 1.807) is 11.0 Å². The summed E-state index contributed by atoms with van der Waals surface area (Å²) in [5.74, 6) is 0.489. The highest BCUT2D eigenvalue weighted by Gasteiger charge is 2.22. The van der Waals surface area contributed by atoms with Gasteiger partial charge in [0.1, 0.15) is 11.3 Å². The zero-order valence-corrected chi connectivity index (χ0v) is 14.8. The van der Waals surface area contributed by atoms with Crippen LogP contribution in [0.5, 0.6) is 0 Å². The fourth-order valence-corrected chi connectivity index (χ4v) is 3.38. The quantitative estimate of drug-likeness (QED) is 0.892. The van der Waals surface area contributed by atoms with Crippen molar-refractivity contribution in [3.63, 3.8) is 0 Å². The highest BCUT2D eigenvalue weighted by Crippen LogP contribution is 2.20. The predicted molar refractivity (Wildman–Crippen MR) is 93.5 cm³/mol. The van der Waals surface area contributed by atoms with Crippen LogP contribution in [-0.2, 0) is 17.9 Å². The van der Waals surface area contributed by atoms with E-state index >= 15 is 0 Å². The van der Waals surface area contributed by atoms with Crippen LogP contribution < -0.4 is 0 Å². The average Bonchev–Trinajstić information content (AvgIpc) is 2.93. The second-order valence-corrected chi connectivity index (χ2v) is 6.66. The van der Waals surface area contributed by atoms with E-state index in [1.807, 2.05) is 29.5 Å². The van der Waals surface area contributed by atoms with Crippen LogP contribution in [0.15, 0.2) is 18.2 Å². The Kier molecular flexibility index (Phi) is 5.34. The summed E-state index contributed by atoms with van der Waals surface area (Å²) in [4.78, 5) is 20.5. The number of benzene rings is 1. The van der Waals surface area contributed by atoms with Crippen LogP contribution in [0.25, 0.3) is 11.0 Å². The van der Waals surface area contributed by atoms with Crippen molar-refractivity contribution in [1.29, 1.82) is 0 Å². The Morgan fingerprint density at radius 2 is 2.12 bits per heavy atom. The maximum Gasteiger partial charge on any atom is 0.236 e. The molecule has 3 rings (SSSR count). The number of amides is 1. The van der Waals surface area contributed by atoms with Crippen LogP contribution in [0, 0.1) is 5.82 Å². The molecule has 1 aromatic heterocycles. The molecule has 0 spiro atoms. The summed E-state index contributed by atoms with van der Waals surface area (Å²) >= 11 is 0. The van der Waals surface area contributed by atoms with Crippen LogP contribution in [0.2, 0.25) is 0 Å². The number of aliphatic hydroxyl groups excluding tert-OH is 1. The minimum atomic E-state index is -0.323. The van der Waals surface area contributed by atoms with Crippen molar-refractivity contribution >= 4 is 16.9 Å². The number of fused-ring (bicyclic) bond motifs is 1. The molecule has 1 fully saturated rings. The molecule has 1 aliphatic rings. The average molecular weight is 348 g/mol. The molecule has 1 saturated heterocycles. The second kappa shape index (κ2) is 7.49. The van der Waals surface area contributed by atoms with Crippen LogP contribution >= 0.6 is 0 Å². The minimum absolute atomic E-state index is 0.0553.